The first-order valence-electron chi connectivity index (χ1n) is 11.2. The molecule has 2 aromatic rings. The van der Waals surface area contributed by atoms with E-state index in [0.29, 0.717) is 42.7 Å². The minimum Gasteiger partial charge on any atom is -0.459 e. The molecule has 182 valence electrons. The summed E-state index contributed by atoms with van der Waals surface area (Å²) in [4.78, 5) is 35.4. The van der Waals surface area contributed by atoms with Gasteiger partial charge in [0, 0.05) is 11.3 Å². The molecule has 8 nitrogen and oxygen atoms in total. The van der Waals surface area contributed by atoms with Crippen LogP contribution in [0.1, 0.15) is 66.0 Å². The maximum absolute atomic E-state index is 12.7. The molecule has 10 heteroatoms. The zero-order valence-electron chi connectivity index (χ0n) is 20.3. The molecule has 0 aromatic carbocycles. The van der Waals surface area contributed by atoms with Gasteiger partial charge < -0.3 is 14.5 Å². The molecule has 0 bridgehead atoms. The number of nitrogens with zero attached hydrogens (tertiary/aromatic N) is 3. The first-order chi connectivity index (χ1) is 15.4. The summed E-state index contributed by atoms with van der Waals surface area (Å²) in [5, 5.41) is 3.55. The summed E-state index contributed by atoms with van der Waals surface area (Å²) in [5.74, 6) is 1.84. The number of aromatic nitrogens is 2. The second-order valence-corrected chi connectivity index (χ2v) is 12.6. The van der Waals surface area contributed by atoms with E-state index in [4.69, 9.17) is 9.15 Å². The van der Waals surface area contributed by atoms with Gasteiger partial charge in [-0.25, -0.2) is 9.97 Å². The Morgan fingerprint density at radius 1 is 1.18 bits per heavy atom. The molecular weight excluding hydrogens is 460 g/mol. The Morgan fingerprint density at radius 3 is 2.48 bits per heavy atom. The molecule has 1 saturated heterocycles. The monoisotopic (exact) mass is 494 g/mol. The van der Waals surface area contributed by atoms with Gasteiger partial charge in [-0.15, -0.1) is 11.8 Å². The smallest absolute Gasteiger partial charge is 0.320 e. The molecule has 0 unspecified atom stereocenters. The van der Waals surface area contributed by atoms with Gasteiger partial charge in [0.25, 0.3) is 0 Å². The lowest BCUT2D eigenvalue weighted by Crippen LogP contribution is -2.42. The van der Waals surface area contributed by atoms with Gasteiger partial charge in [0.2, 0.25) is 11.8 Å². The van der Waals surface area contributed by atoms with Crippen LogP contribution in [0.4, 0.5) is 5.13 Å². The van der Waals surface area contributed by atoms with E-state index in [9.17, 15) is 9.59 Å². The molecule has 2 aromatic heterocycles. The summed E-state index contributed by atoms with van der Waals surface area (Å²) in [7, 11) is 0. The number of anilines is 1. The third-order valence-electron chi connectivity index (χ3n) is 5.08. The van der Waals surface area contributed by atoms with Gasteiger partial charge in [0.15, 0.2) is 5.13 Å². The van der Waals surface area contributed by atoms with Gasteiger partial charge in [-0.3, -0.25) is 14.5 Å². The third-order valence-corrected chi connectivity index (χ3v) is 7.17. The summed E-state index contributed by atoms with van der Waals surface area (Å²) in [6.45, 7) is 13.5. The predicted molar refractivity (Wildman–Crippen MR) is 131 cm³/mol. The van der Waals surface area contributed by atoms with E-state index in [1.54, 1.807) is 24.2 Å². The van der Waals surface area contributed by atoms with Crippen molar-refractivity contribution in [2.75, 3.05) is 25.0 Å². The Morgan fingerprint density at radius 2 is 1.88 bits per heavy atom. The van der Waals surface area contributed by atoms with Crippen LogP contribution in [0.25, 0.3) is 0 Å². The lowest BCUT2D eigenvalue weighted by molar-refractivity contribution is -0.156. The van der Waals surface area contributed by atoms with E-state index in [1.807, 2.05) is 25.7 Å². The highest BCUT2D eigenvalue weighted by atomic mass is 32.2. The molecule has 1 fully saturated rings. The molecular formula is C23H34N4O4S2. The van der Waals surface area contributed by atoms with E-state index >= 15 is 0 Å². The first-order valence-corrected chi connectivity index (χ1v) is 13.0. The molecule has 3 rings (SSSR count). The van der Waals surface area contributed by atoms with Crippen LogP contribution in [-0.2, 0) is 25.5 Å². The molecule has 33 heavy (non-hydrogen) atoms. The molecule has 0 atom stereocenters. The number of thioether (sulfide) groups is 1. The fourth-order valence-electron chi connectivity index (χ4n) is 3.36. The van der Waals surface area contributed by atoms with Gasteiger partial charge >= 0.3 is 5.97 Å². The minimum atomic E-state index is -0.482. The highest BCUT2D eigenvalue weighted by Crippen LogP contribution is 2.32. The summed E-state index contributed by atoms with van der Waals surface area (Å²) in [6.07, 6.45) is 4.97. The van der Waals surface area contributed by atoms with Crippen molar-refractivity contribution >= 4 is 40.1 Å². The average molecular weight is 495 g/mol. The first kappa shape index (κ1) is 25.7. The number of rotatable bonds is 7. The van der Waals surface area contributed by atoms with Crippen LogP contribution in [0.3, 0.4) is 0 Å². The van der Waals surface area contributed by atoms with Crippen molar-refractivity contribution in [3.63, 3.8) is 0 Å². The molecule has 1 N–H and O–H groups in total. The predicted octanol–water partition coefficient (Wildman–Crippen LogP) is 4.71. The van der Waals surface area contributed by atoms with E-state index in [0.717, 1.165) is 9.97 Å². The number of hydrogen-bond acceptors (Lipinski definition) is 9. The quantitative estimate of drug-likeness (QED) is 0.436. The molecule has 1 aliphatic rings. The molecule has 0 radical (unpaired) electrons. The number of thiazole rings is 1. The van der Waals surface area contributed by atoms with Gasteiger partial charge in [-0.1, -0.05) is 32.1 Å². The normalized spacial score (nSPS) is 16.1. The van der Waals surface area contributed by atoms with Gasteiger partial charge in [-0.2, -0.15) is 0 Å². The number of likely N-dealkylation sites (tertiary alicyclic amines) is 1. The number of ether oxygens (including phenoxy) is 1. The lowest BCUT2D eigenvalue weighted by Gasteiger charge is -2.31. The van der Waals surface area contributed by atoms with Crippen LogP contribution in [0, 0.1) is 5.92 Å². The van der Waals surface area contributed by atoms with Crippen molar-refractivity contribution in [1.82, 2.24) is 14.9 Å². The van der Waals surface area contributed by atoms with E-state index in [2.05, 4.69) is 36.1 Å². The Balaban J connectivity index is 1.42. The number of piperidine rings is 1. The van der Waals surface area contributed by atoms with Crippen LogP contribution < -0.4 is 5.32 Å². The standard InChI is InChI=1S/C23H34N4O4S2/c1-22(2,3)16-11-24-17(30-16)14-32-19-12-25-21(33-19)26-20(29)15-7-9-27(10-8-15)13-18(28)31-23(4,5)6/h11-12,15H,7-10,13-14H2,1-6H3,(H,25,26,29). The maximum Gasteiger partial charge on any atom is 0.320 e. The topological polar surface area (TPSA) is 97.6 Å². The van der Waals surface area contributed by atoms with E-state index in [1.165, 1.54) is 11.3 Å². The molecule has 3 heterocycles. The van der Waals surface area contributed by atoms with Crippen molar-refractivity contribution in [3.05, 3.63) is 24.0 Å². The van der Waals surface area contributed by atoms with Gasteiger partial charge in [0.1, 0.15) is 11.4 Å². The summed E-state index contributed by atoms with van der Waals surface area (Å²) < 4.78 is 12.2. The Bertz CT molecular complexity index is 950. The number of nitrogens with one attached hydrogen (secondary N) is 1. The second-order valence-electron chi connectivity index (χ2n) is 10.3. The molecule has 0 aliphatic carbocycles. The fraction of sp³-hybridized carbons (Fsp3) is 0.652. The SMILES string of the molecule is CC(C)(C)OC(=O)CN1CCC(C(=O)Nc2ncc(SCc3ncc(C(C)(C)C)o3)s2)CC1. The number of carbonyl (C=O) groups excluding carboxylic acids is 2. The molecule has 0 spiro atoms. The maximum atomic E-state index is 12.7. The minimum absolute atomic E-state index is 0.0136. The number of hydrogen-bond donors (Lipinski definition) is 1. The van der Waals surface area contributed by atoms with Crippen LogP contribution in [-0.4, -0.2) is 52.0 Å². The number of esters is 1. The largest absolute Gasteiger partial charge is 0.459 e. The van der Waals surface area contributed by atoms with Crippen LogP contribution in [0.5, 0.6) is 0 Å². The van der Waals surface area contributed by atoms with Crippen molar-refractivity contribution in [2.45, 2.75) is 75.4 Å². The Kier molecular flexibility index (Phi) is 8.23. The van der Waals surface area contributed by atoms with Gasteiger partial charge in [-0.05, 0) is 46.7 Å². The average Bonchev–Trinajstić information content (AvgIpc) is 3.34. The summed E-state index contributed by atoms with van der Waals surface area (Å²) in [6, 6.07) is 0. The van der Waals surface area contributed by atoms with E-state index in [-0.39, 0.29) is 29.8 Å². The zero-order chi connectivity index (χ0) is 24.2. The molecule has 1 amide bonds. The zero-order valence-corrected chi connectivity index (χ0v) is 21.9. The number of amides is 1. The van der Waals surface area contributed by atoms with Crippen LogP contribution in [0.2, 0.25) is 0 Å². The van der Waals surface area contributed by atoms with Crippen LogP contribution in [0.15, 0.2) is 21.0 Å². The fourth-order valence-corrected chi connectivity index (χ4v) is 5.09. The lowest BCUT2D eigenvalue weighted by atomic mass is 9.94. The van der Waals surface area contributed by atoms with Gasteiger partial charge in [0.05, 0.1) is 28.9 Å². The van der Waals surface area contributed by atoms with Crippen molar-refractivity contribution in [1.29, 1.82) is 0 Å². The summed E-state index contributed by atoms with van der Waals surface area (Å²) in [5.41, 5.74) is -0.548. The Hall–Kier alpha value is -1.91. The van der Waals surface area contributed by atoms with Crippen molar-refractivity contribution < 1.29 is 18.7 Å². The molecule has 1 aliphatic heterocycles. The van der Waals surface area contributed by atoms with Crippen LogP contribution >= 0.6 is 23.1 Å². The number of carbonyl (C=O) groups is 2. The highest BCUT2D eigenvalue weighted by molar-refractivity contribution is 8.00. The third kappa shape index (κ3) is 8.12. The van der Waals surface area contributed by atoms with Crippen molar-refractivity contribution in [2.24, 2.45) is 5.92 Å². The summed E-state index contributed by atoms with van der Waals surface area (Å²) >= 11 is 3.04. The van der Waals surface area contributed by atoms with E-state index < -0.39 is 5.60 Å². The molecule has 0 saturated carbocycles. The Labute approximate surface area is 203 Å². The second kappa shape index (κ2) is 10.6. The number of oxazole rings is 1. The van der Waals surface area contributed by atoms with Crippen molar-refractivity contribution in [3.8, 4) is 0 Å². The highest BCUT2D eigenvalue weighted by Gasteiger charge is 2.28.